The molecule has 0 bridgehead atoms. The molecule has 10 heteroatoms. The van der Waals surface area contributed by atoms with Gasteiger partial charge in [-0.05, 0) is 54.4 Å². The fourth-order valence-corrected chi connectivity index (χ4v) is 4.61. The first kappa shape index (κ1) is 23.7. The molecule has 0 saturated carbocycles. The molecule has 0 aliphatic carbocycles. The van der Waals surface area contributed by atoms with Gasteiger partial charge < -0.3 is 5.32 Å². The number of rotatable bonds is 6. The number of carbonyl (C=O) groups excluding carboxylic acids is 1. The van der Waals surface area contributed by atoms with Gasteiger partial charge in [-0.1, -0.05) is 31.5 Å². The van der Waals surface area contributed by atoms with Crippen LogP contribution in [0.4, 0.5) is 0 Å². The Morgan fingerprint density at radius 2 is 1.74 bits per heavy atom. The number of halogens is 1. The summed E-state index contributed by atoms with van der Waals surface area (Å²) in [6, 6.07) is 15.4. The second kappa shape index (κ2) is 9.44. The summed E-state index contributed by atoms with van der Waals surface area (Å²) in [7, 11) is -3.56. The van der Waals surface area contributed by atoms with Crippen LogP contribution < -0.4 is 5.32 Å². The van der Waals surface area contributed by atoms with E-state index in [1.165, 1.54) is 18.2 Å². The van der Waals surface area contributed by atoms with Gasteiger partial charge in [0.15, 0.2) is 9.84 Å². The number of carbonyl (C=O) groups is 1. The number of nitrogens with zero attached hydrogens (tertiary/aromatic N) is 4. The fourth-order valence-electron chi connectivity index (χ4n) is 3.31. The Hall–Kier alpha value is -3.43. The molecule has 1 aromatic carbocycles. The zero-order valence-corrected chi connectivity index (χ0v) is 20.4. The van der Waals surface area contributed by atoms with Gasteiger partial charge in [-0.3, -0.25) is 9.78 Å². The second-order valence-corrected chi connectivity index (χ2v) is 10.5. The number of nitrogens with one attached hydrogen (secondary N) is 1. The van der Waals surface area contributed by atoms with Crippen LogP contribution in [0.25, 0.3) is 22.4 Å². The van der Waals surface area contributed by atoms with Crippen molar-refractivity contribution in [2.45, 2.75) is 31.2 Å². The number of hydrogen-bond acceptors (Lipinski definition) is 7. The summed E-state index contributed by atoms with van der Waals surface area (Å²) in [5.41, 5.74) is 4.39. The van der Waals surface area contributed by atoms with Gasteiger partial charge >= 0.3 is 0 Å². The first-order valence-corrected chi connectivity index (χ1v) is 12.8. The first-order chi connectivity index (χ1) is 16.1. The molecule has 0 unspecified atom stereocenters. The van der Waals surface area contributed by atoms with Crippen molar-refractivity contribution < 1.29 is 13.2 Å². The van der Waals surface area contributed by atoms with Crippen molar-refractivity contribution in [1.29, 1.82) is 0 Å². The van der Waals surface area contributed by atoms with E-state index >= 15 is 0 Å². The third-order valence-electron chi connectivity index (χ3n) is 5.14. The van der Waals surface area contributed by atoms with Gasteiger partial charge in [-0.2, -0.15) is 5.10 Å². The number of amides is 1. The predicted molar refractivity (Wildman–Crippen MR) is 130 cm³/mol. The van der Waals surface area contributed by atoms with Crippen LogP contribution in [0.2, 0.25) is 5.02 Å². The van der Waals surface area contributed by atoms with E-state index in [1.807, 2.05) is 30.3 Å². The molecule has 4 aromatic rings. The van der Waals surface area contributed by atoms with Crippen LogP contribution in [-0.4, -0.2) is 40.7 Å². The Morgan fingerprint density at radius 3 is 2.47 bits per heavy atom. The zero-order chi connectivity index (χ0) is 24.5. The minimum absolute atomic E-state index is 0.0646. The molecule has 0 atom stereocenters. The van der Waals surface area contributed by atoms with Gasteiger partial charge in [0.05, 0.1) is 39.1 Å². The van der Waals surface area contributed by atoms with Crippen LogP contribution in [0.3, 0.4) is 0 Å². The standard InChI is InChI=1S/C24H22ClN5O3S/c1-14(2)18-5-4-6-19(27-18)20-9-10-21-22(28-20)12-16(29-30-21)13-26-24(31)15-7-8-17(25)23(11-15)34(3,32)33/h4-12,14H,13H2,1-3H3,(H,26,31). The van der Waals surface area contributed by atoms with Gasteiger partial charge in [-0.15, -0.1) is 5.10 Å². The molecule has 174 valence electrons. The lowest BCUT2D eigenvalue weighted by Crippen LogP contribution is -2.23. The third-order valence-corrected chi connectivity index (χ3v) is 6.72. The van der Waals surface area contributed by atoms with E-state index in [2.05, 4.69) is 39.3 Å². The molecular weight excluding hydrogens is 474 g/mol. The molecule has 1 amide bonds. The van der Waals surface area contributed by atoms with Crippen LogP contribution in [0.1, 0.15) is 41.5 Å². The van der Waals surface area contributed by atoms with E-state index in [1.54, 1.807) is 6.07 Å². The van der Waals surface area contributed by atoms with Gasteiger partial charge in [0.2, 0.25) is 0 Å². The number of hydrogen-bond donors (Lipinski definition) is 1. The molecule has 0 fully saturated rings. The Morgan fingerprint density at radius 1 is 0.971 bits per heavy atom. The van der Waals surface area contributed by atoms with Crippen molar-refractivity contribution in [3.8, 4) is 11.4 Å². The van der Waals surface area contributed by atoms with Crippen molar-refractivity contribution in [2.24, 2.45) is 0 Å². The van der Waals surface area contributed by atoms with E-state index in [0.717, 1.165) is 17.6 Å². The molecule has 8 nitrogen and oxygen atoms in total. The molecule has 0 aliphatic rings. The Balaban J connectivity index is 1.55. The van der Waals surface area contributed by atoms with E-state index in [0.29, 0.717) is 28.3 Å². The number of pyridine rings is 2. The highest BCUT2D eigenvalue weighted by molar-refractivity contribution is 7.90. The number of benzene rings is 1. The highest BCUT2D eigenvalue weighted by Crippen LogP contribution is 2.23. The summed E-state index contributed by atoms with van der Waals surface area (Å²) in [6.07, 6.45) is 1.04. The minimum atomic E-state index is -3.56. The lowest BCUT2D eigenvalue weighted by Gasteiger charge is -2.09. The molecule has 34 heavy (non-hydrogen) atoms. The van der Waals surface area contributed by atoms with E-state index in [-0.39, 0.29) is 22.0 Å². The molecule has 1 N–H and O–H groups in total. The fraction of sp³-hybridized carbons (Fsp3) is 0.208. The lowest BCUT2D eigenvalue weighted by molar-refractivity contribution is 0.0950. The average Bonchev–Trinajstić information content (AvgIpc) is 2.81. The summed E-state index contributed by atoms with van der Waals surface area (Å²) in [4.78, 5) is 21.8. The van der Waals surface area contributed by atoms with Crippen molar-refractivity contribution in [3.05, 3.63) is 76.6 Å². The maximum atomic E-state index is 12.6. The van der Waals surface area contributed by atoms with Crippen LogP contribution in [0.5, 0.6) is 0 Å². The number of fused-ring (bicyclic) bond motifs is 1. The van der Waals surface area contributed by atoms with Crippen LogP contribution in [-0.2, 0) is 16.4 Å². The topological polar surface area (TPSA) is 115 Å². The summed E-state index contributed by atoms with van der Waals surface area (Å²) in [5, 5.41) is 11.1. The summed E-state index contributed by atoms with van der Waals surface area (Å²) < 4.78 is 23.7. The molecule has 4 rings (SSSR count). The minimum Gasteiger partial charge on any atom is -0.346 e. The lowest BCUT2D eigenvalue weighted by atomic mass is 10.1. The van der Waals surface area contributed by atoms with E-state index in [4.69, 9.17) is 11.6 Å². The maximum Gasteiger partial charge on any atom is 0.251 e. The molecule has 0 aliphatic heterocycles. The molecule has 0 spiro atoms. The van der Waals surface area contributed by atoms with Gasteiger partial charge in [0.25, 0.3) is 5.91 Å². The van der Waals surface area contributed by atoms with Crippen molar-refractivity contribution in [2.75, 3.05) is 6.26 Å². The first-order valence-electron chi connectivity index (χ1n) is 10.5. The molecule has 0 radical (unpaired) electrons. The van der Waals surface area contributed by atoms with Crippen LogP contribution in [0, 0.1) is 0 Å². The second-order valence-electron chi connectivity index (χ2n) is 8.14. The summed E-state index contributed by atoms with van der Waals surface area (Å²) in [5.74, 6) is -0.157. The van der Waals surface area contributed by atoms with Gasteiger partial charge in [0.1, 0.15) is 5.52 Å². The maximum absolute atomic E-state index is 12.6. The van der Waals surface area contributed by atoms with Crippen molar-refractivity contribution >= 4 is 38.4 Å². The van der Waals surface area contributed by atoms with Crippen molar-refractivity contribution in [1.82, 2.24) is 25.5 Å². The molecule has 3 aromatic heterocycles. The van der Waals surface area contributed by atoms with Crippen LogP contribution >= 0.6 is 11.6 Å². The molecule has 3 heterocycles. The number of aromatic nitrogens is 4. The highest BCUT2D eigenvalue weighted by atomic mass is 35.5. The largest absolute Gasteiger partial charge is 0.346 e. The smallest absolute Gasteiger partial charge is 0.251 e. The average molecular weight is 496 g/mol. The Labute approximate surface area is 202 Å². The van der Waals surface area contributed by atoms with E-state index in [9.17, 15) is 13.2 Å². The quantitative estimate of drug-likeness (QED) is 0.426. The number of sulfone groups is 1. The summed E-state index contributed by atoms with van der Waals surface area (Å²) in [6.45, 7) is 4.26. The van der Waals surface area contributed by atoms with Crippen molar-refractivity contribution in [3.63, 3.8) is 0 Å². The zero-order valence-electron chi connectivity index (χ0n) is 18.8. The van der Waals surface area contributed by atoms with Gasteiger partial charge in [-0.25, -0.2) is 13.4 Å². The normalized spacial score (nSPS) is 11.7. The molecular formula is C24H22ClN5O3S. The summed E-state index contributed by atoms with van der Waals surface area (Å²) >= 11 is 5.95. The molecule has 0 saturated heterocycles. The SMILES string of the molecule is CC(C)c1cccc(-c2ccc3nnc(CNC(=O)c4ccc(Cl)c(S(C)(=O)=O)c4)cc3n2)n1. The van der Waals surface area contributed by atoms with Gasteiger partial charge in [0, 0.05) is 17.5 Å². The van der Waals surface area contributed by atoms with Crippen LogP contribution in [0.15, 0.2) is 59.5 Å². The monoisotopic (exact) mass is 495 g/mol. The predicted octanol–water partition coefficient (Wildman–Crippen LogP) is 4.20. The highest BCUT2D eigenvalue weighted by Gasteiger charge is 2.16. The van der Waals surface area contributed by atoms with E-state index < -0.39 is 15.7 Å². The Bertz CT molecular complexity index is 1510. The Kier molecular flexibility index (Phi) is 6.58. The third kappa shape index (κ3) is 5.21.